The summed E-state index contributed by atoms with van der Waals surface area (Å²) in [6, 6.07) is 14.7. The number of carbonyl (C=O) groups excluding carboxylic acids is 2. The maximum absolute atomic E-state index is 13.3. The first kappa shape index (κ1) is 21.7. The fraction of sp³-hybridized carbons (Fsp3) is 0.130. The molecule has 164 valence electrons. The zero-order valence-corrected chi connectivity index (χ0v) is 18.2. The van der Waals surface area contributed by atoms with Crippen LogP contribution in [0.1, 0.15) is 37.4 Å². The van der Waals surface area contributed by atoms with Crippen molar-refractivity contribution in [3.05, 3.63) is 82.4 Å². The van der Waals surface area contributed by atoms with Gasteiger partial charge in [-0.3, -0.25) is 14.1 Å². The number of anilines is 3. The maximum atomic E-state index is 13.3. The Balaban J connectivity index is 1.89. The monoisotopic (exact) mass is 451 g/mol. The third-order valence-corrected chi connectivity index (χ3v) is 6.10. The molecule has 0 spiro atoms. The predicted octanol–water partition coefficient (Wildman–Crippen LogP) is 3.10. The molecule has 4 rings (SSSR count). The summed E-state index contributed by atoms with van der Waals surface area (Å²) >= 11 is 0. The number of nitrogen functional groups attached to an aromatic ring is 1. The molecule has 0 bridgehead atoms. The van der Waals surface area contributed by atoms with Crippen LogP contribution in [0, 0.1) is 0 Å². The van der Waals surface area contributed by atoms with E-state index in [9.17, 15) is 22.6 Å². The van der Waals surface area contributed by atoms with Crippen LogP contribution in [0.4, 0.5) is 17.1 Å². The second-order valence-corrected chi connectivity index (χ2v) is 9.21. The van der Waals surface area contributed by atoms with Gasteiger partial charge in [0.25, 0.3) is 10.1 Å². The molecule has 1 aliphatic carbocycles. The van der Waals surface area contributed by atoms with Crippen molar-refractivity contribution >= 4 is 38.7 Å². The molecule has 0 amide bonds. The van der Waals surface area contributed by atoms with Crippen molar-refractivity contribution in [2.75, 3.05) is 25.1 Å². The lowest BCUT2D eigenvalue weighted by atomic mass is 9.82. The van der Waals surface area contributed by atoms with Gasteiger partial charge in [0.15, 0.2) is 11.6 Å². The molecule has 1 aliphatic rings. The highest BCUT2D eigenvalue weighted by atomic mass is 32.2. The summed E-state index contributed by atoms with van der Waals surface area (Å²) in [5.41, 5.74) is 7.27. The molecule has 0 aromatic heterocycles. The van der Waals surface area contributed by atoms with E-state index >= 15 is 0 Å². The van der Waals surface area contributed by atoms with Gasteiger partial charge in [-0.05, 0) is 37.9 Å². The van der Waals surface area contributed by atoms with Crippen molar-refractivity contribution in [1.29, 1.82) is 0 Å². The quantitative estimate of drug-likeness (QED) is 0.312. The minimum absolute atomic E-state index is 0.0315. The molecule has 9 heteroatoms. The average Bonchev–Trinajstić information content (AvgIpc) is 2.73. The van der Waals surface area contributed by atoms with Crippen LogP contribution < -0.4 is 11.1 Å². The summed E-state index contributed by atoms with van der Waals surface area (Å²) in [5.74, 6) is -1.04. The highest BCUT2D eigenvalue weighted by Crippen LogP contribution is 2.40. The Hall–Kier alpha value is -3.53. The Kier molecular flexibility index (Phi) is 5.33. The van der Waals surface area contributed by atoms with Crippen molar-refractivity contribution in [2.24, 2.45) is 0 Å². The van der Waals surface area contributed by atoms with Crippen molar-refractivity contribution < 1.29 is 22.6 Å². The smallest absolute Gasteiger partial charge is 0.296 e. The third kappa shape index (κ3) is 3.77. The first-order valence-corrected chi connectivity index (χ1v) is 11.1. The summed E-state index contributed by atoms with van der Waals surface area (Å²) in [7, 11) is -0.857. The molecular formula is C23H21N3O5S. The van der Waals surface area contributed by atoms with Gasteiger partial charge in [0.2, 0.25) is 0 Å². The van der Waals surface area contributed by atoms with E-state index in [0.29, 0.717) is 5.69 Å². The lowest BCUT2D eigenvalue weighted by molar-refractivity contribution is 0.0980. The molecule has 0 unspecified atom stereocenters. The topological polar surface area (TPSA) is 130 Å². The summed E-state index contributed by atoms with van der Waals surface area (Å²) < 4.78 is 33.6. The van der Waals surface area contributed by atoms with Crippen LogP contribution in [0.3, 0.4) is 0 Å². The van der Waals surface area contributed by atoms with E-state index in [1.54, 1.807) is 24.3 Å². The van der Waals surface area contributed by atoms with Gasteiger partial charge in [-0.2, -0.15) is 8.42 Å². The number of nitrogens with one attached hydrogen (secondary N) is 1. The Labute approximate surface area is 185 Å². The normalized spacial score (nSPS) is 13.1. The zero-order valence-electron chi connectivity index (χ0n) is 17.4. The number of hydrogen-bond acceptors (Lipinski definition) is 7. The Morgan fingerprint density at radius 3 is 2.03 bits per heavy atom. The van der Waals surface area contributed by atoms with Gasteiger partial charge in [0.1, 0.15) is 4.90 Å². The van der Waals surface area contributed by atoms with Crippen LogP contribution in [-0.2, 0) is 16.7 Å². The molecule has 8 nitrogen and oxygen atoms in total. The summed E-state index contributed by atoms with van der Waals surface area (Å²) in [4.78, 5) is 27.8. The van der Waals surface area contributed by atoms with Crippen molar-refractivity contribution in [3.63, 3.8) is 0 Å². The van der Waals surface area contributed by atoms with E-state index in [2.05, 4.69) is 5.32 Å². The highest BCUT2D eigenvalue weighted by Gasteiger charge is 2.36. The number of ketones is 2. The minimum Gasteiger partial charge on any atom is -0.397 e. The number of benzene rings is 3. The van der Waals surface area contributed by atoms with Crippen LogP contribution in [-0.4, -0.2) is 43.5 Å². The van der Waals surface area contributed by atoms with Crippen molar-refractivity contribution in [1.82, 2.24) is 4.90 Å². The van der Waals surface area contributed by atoms with Gasteiger partial charge in [-0.1, -0.05) is 36.4 Å². The molecule has 0 atom stereocenters. The number of nitrogens with two attached hydrogens (primary N) is 1. The van der Waals surface area contributed by atoms with E-state index in [1.807, 2.05) is 31.1 Å². The third-order valence-electron chi connectivity index (χ3n) is 5.21. The lowest BCUT2D eigenvalue weighted by Crippen LogP contribution is -2.25. The fourth-order valence-electron chi connectivity index (χ4n) is 3.82. The molecule has 0 radical (unpaired) electrons. The minimum atomic E-state index is -4.75. The predicted molar refractivity (Wildman–Crippen MR) is 121 cm³/mol. The number of hydrogen-bond donors (Lipinski definition) is 3. The van der Waals surface area contributed by atoms with E-state index in [1.165, 1.54) is 12.1 Å². The largest absolute Gasteiger partial charge is 0.397 e. The standard InChI is InChI=1S/C23H21N3O5S/c1-26(2)12-13-7-9-14(10-8-13)25-17-11-18(32(29,30)31)21(24)20-19(17)22(27)15-5-3-4-6-16(15)23(20)28/h3-11,25H,12,24H2,1-2H3,(H,29,30,31). The molecular weight excluding hydrogens is 430 g/mol. The van der Waals surface area contributed by atoms with E-state index < -0.39 is 32.3 Å². The zero-order chi connectivity index (χ0) is 23.2. The van der Waals surface area contributed by atoms with Crippen LogP contribution in [0.25, 0.3) is 0 Å². The van der Waals surface area contributed by atoms with E-state index in [-0.39, 0.29) is 27.9 Å². The molecule has 3 aromatic rings. The Morgan fingerprint density at radius 1 is 0.938 bits per heavy atom. The van der Waals surface area contributed by atoms with Gasteiger partial charge in [-0.25, -0.2) is 0 Å². The molecule has 3 aromatic carbocycles. The number of rotatable bonds is 5. The molecule has 0 aliphatic heterocycles. The van der Waals surface area contributed by atoms with Crippen LogP contribution >= 0.6 is 0 Å². The molecule has 0 heterocycles. The molecule has 0 saturated carbocycles. The van der Waals surface area contributed by atoms with Crippen LogP contribution in [0.15, 0.2) is 59.5 Å². The summed E-state index contributed by atoms with van der Waals surface area (Å²) in [5, 5.41) is 3.02. The Morgan fingerprint density at radius 2 is 1.50 bits per heavy atom. The van der Waals surface area contributed by atoms with Gasteiger partial charge < -0.3 is 16.0 Å². The van der Waals surface area contributed by atoms with Gasteiger partial charge in [0, 0.05) is 23.4 Å². The first-order chi connectivity index (χ1) is 15.1. The highest BCUT2D eigenvalue weighted by molar-refractivity contribution is 7.86. The SMILES string of the molecule is CN(C)Cc1ccc(Nc2cc(S(=O)(=O)O)c(N)c3c2C(=O)c2ccccc2C3=O)cc1. The van der Waals surface area contributed by atoms with Crippen LogP contribution in [0.2, 0.25) is 0 Å². The molecule has 32 heavy (non-hydrogen) atoms. The van der Waals surface area contributed by atoms with Crippen LogP contribution in [0.5, 0.6) is 0 Å². The second-order valence-electron chi connectivity index (χ2n) is 7.82. The summed E-state index contributed by atoms with van der Waals surface area (Å²) in [6.07, 6.45) is 0. The fourth-order valence-corrected chi connectivity index (χ4v) is 4.47. The van der Waals surface area contributed by atoms with Gasteiger partial charge in [0.05, 0.1) is 22.5 Å². The van der Waals surface area contributed by atoms with E-state index in [0.717, 1.165) is 18.2 Å². The Bertz CT molecular complexity index is 1360. The van der Waals surface area contributed by atoms with Crippen molar-refractivity contribution in [2.45, 2.75) is 11.4 Å². The van der Waals surface area contributed by atoms with Gasteiger partial charge >= 0.3 is 0 Å². The lowest BCUT2D eigenvalue weighted by Gasteiger charge is -2.23. The average molecular weight is 452 g/mol. The van der Waals surface area contributed by atoms with E-state index in [4.69, 9.17) is 5.73 Å². The molecule has 0 saturated heterocycles. The summed E-state index contributed by atoms with van der Waals surface area (Å²) in [6.45, 7) is 0.730. The molecule has 4 N–H and O–H groups in total. The number of carbonyl (C=O) groups is 2. The number of nitrogens with zero attached hydrogens (tertiary/aromatic N) is 1. The maximum Gasteiger partial charge on any atom is 0.296 e. The van der Waals surface area contributed by atoms with Gasteiger partial charge in [-0.15, -0.1) is 0 Å². The molecule has 0 fully saturated rings. The number of fused-ring (bicyclic) bond motifs is 2. The second kappa shape index (κ2) is 7.86. The van der Waals surface area contributed by atoms with Crippen molar-refractivity contribution in [3.8, 4) is 0 Å². The first-order valence-electron chi connectivity index (χ1n) is 9.71.